The Morgan fingerprint density at radius 1 is 1.28 bits per heavy atom. The van der Waals surface area contributed by atoms with E-state index >= 15 is 0 Å². The summed E-state index contributed by atoms with van der Waals surface area (Å²) in [4.78, 5) is 22.5. The Labute approximate surface area is 108 Å². The predicted octanol–water partition coefficient (Wildman–Crippen LogP) is 0.213. The van der Waals surface area contributed by atoms with Gasteiger partial charge in [0.25, 0.3) is 11.8 Å². The van der Waals surface area contributed by atoms with Crippen LogP contribution >= 0.6 is 11.6 Å². The molecule has 0 aliphatic carbocycles. The highest BCUT2D eigenvalue weighted by Crippen LogP contribution is 2.30. The quantitative estimate of drug-likeness (QED) is 0.595. The van der Waals surface area contributed by atoms with Crippen LogP contribution in [-0.4, -0.2) is 30.4 Å². The first-order chi connectivity index (χ1) is 8.70. The number of fused-ring (bicyclic) bond motifs is 1. The van der Waals surface area contributed by atoms with Crippen molar-refractivity contribution in [3.05, 3.63) is 24.3 Å². The topological polar surface area (TPSA) is 76.7 Å². The molecule has 1 heterocycles. The van der Waals surface area contributed by atoms with Crippen molar-refractivity contribution < 1.29 is 19.1 Å². The van der Waals surface area contributed by atoms with Crippen molar-refractivity contribution in [2.75, 3.05) is 12.5 Å². The van der Waals surface area contributed by atoms with Crippen molar-refractivity contribution in [1.29, 1.82) is 0 Å². The van der Waals surface area contributed by atoms with Crippen LogP contribution in [0.3, 0.4) is 0 Å². The van der Waals surface area contributed by atoms with Crippen LogP contribution in [0.15, 0.2) is 24.3 Å². The highest BCUT2D eigenvalue weighted by Gasteiger charge is 2.27. The zero-order valence-electron chi connectivity index (χ0n) is 9.31. The number of alkyl halides is 1. The number of halogens is 1. The normalized spacial score (nSPS) is 16.8. The standard InChI is InChI=1S/C11H11ClN2O4/c12-5-10(15)13-14-11(16)9-6-17-7-3-1-2-4-8(7)18-9/h1-4,9H,5-6H2,(H,13,15)(H,14,16)/t9-/m1/s1. The highest BCUT2D eigenvalue weighted by molar-refractivity contribution is 6.27. The molecule has 1 atom stereocenters. The lowest BCUT2D eigenvalue weighted by molar-refractivity contribution is -0.134. The van der Waals surface area contributed by atoms with Crippen LogP contribution in [-0.2, 0) is 9.59 Å². The maximum atomic E-state index is 11.7. The molecule has 1 aromatic carbocycles. The third-order valence-corrected chi connectivity index (χ3v) is 2.49. The van der Waals surface area contributed by atoms with Crippen LogP contribution in [0.25, 0.3) is 0 Å². The summed E-state index contributed by atoms with van der Waals surface area (Å²) < 4.78 is 10.8. The average Bonchev–Trinajstić information content (AvgIpc) is 2.43. The van der Waals surface area contributed by atoms with Crippen molar-refractivity contribution in [3.8, 4) is 11.5 Å². The molecule has 1 aromatic rings. The van der Waals surface area contributed by atoms with E-state index in [2.05, 4.69) is 10.9 Å². The van der Waals surface area contributed by atoms with Crippen LogP contribution in [0.4, 0.5) is 0 Å². The van der Waals surface area contributed by atoms with Gasteiger partial charge in [0.1, 0.15) is 12.5 Å². The Morgan fingerprint density at radius 2 is 2.00 bits per heavy atom. The first kappa shape index (κ1) is 12.5. The molecule has 0 bridgehead atoms. The van der Waals surface area contributed by atoms with Crippen molar-refractivity contribution in [2.45, 2.75) is 6.10 Å². The van der Waals surface area contributed by atoms with Gasteiger partial charge in [0, 0.05) is 0 Å². The van der Waals surface area contributed by atoms with Gasteiger partial charge < -0.3 is 9.47 Å². The van der Waals surface area contributed by atoms with Crippen LogP contribution in [0, 0.1) is 0 Å². The zero-order valence-corrected chi connectivity index (χ0v) is 10.1. The number of hydrazine groups is 1. The minimum atomic E-state index is -0.810. The predicted molar refractivity (Wildman–Crippen MR) is 63.4 cm³/mol. The molecule has 2 amide bonds. The number of para-hydroxylation sites is 2. The van der Waals surface area contributed by atoms with E-state index in [9.17, 15) is 9.59 Å². The minimum Gasteiger partial charge on any atom is -0.485 e. The van der Waals surface area contributed by atoms with E-state index in [4.69, 9.17) is 21.1 Å². The first-order valence-electron chi connectivity index (χ1n) is 5.24. The first-order valence-corrected chi connectivity index (χ1v) is 5.77. The number of hydrogen-bond donors (Lipinski definition) is 2. The second-order valence-electron chi connectivity index (χ2n) is 3.54. The van der Waals surface area contributed by atoms with Crippen LogP contribution in [0.2, 0.25) is 0 Å². The summed E-state index contributed by atoms with van der Waals surface area (Å²) >= 11 is 5.27. The summed E-state index contributed by atoms with van der Waals surface area (Å²) in [5.74, 6) is -0.144. The molecule has 7 heteroatoms. The van der Waals surface area contributed by atoms with Gasteiger partial charge >= 0.3 is 0 Å². The van der Waals surface area contributed by atoms with Crippen molar-refractivity contribution >= 4 is 23.4 Å². The fourth-order valence-electron chi connectivity index (χ4n) is 1.39. The summed E-state index contributed by atoms with van der Waals surface area (Å²) in [7, 11) is 0. The lowest BCUT2D eigenvalue weighted by Gasteiger charge is -2.25. The summed E-state index contributed by atoms with van der Waals surface area (Å²) in [6.07, 6.45) is -0.810. The molecule has 2 N–H and O–H groups in total. The Bertz CT molecular complexity index is 466. The van der Waals surface area contributed by atoms with Gasteiger partial charge in [-0.05, 0) is 12.1 Å². The summed E-state index contributed by atoms with van der Waals surface area (Å²) in [5, 5.41) is 0. The zero-order chi connectivity index (χ0) is 13.0. The van der Waals surface area contributed by atoms with Gasteiger partial charge in [-0.25, -0.2) is 0 Å². The number of hydrogen-bond acceptors (Lipinski definition) is 4. The average molecular weight is 271 g/mol. The smallest absolute Gasteiger partial charge is 0.283 e. The molecule has 0 radical (unpaired) electrons. The second-order valence-corrected chi connectivity index (χ2v) is 3.80. The molecule has 1 aliphatic rings. The molecule has 0 fully saturated rings. The third kappa shape index (κ3) is 2.84. The van der Waals surface area contributed by atoms with E-state index in [0.717, 1.165) is 0 Å². The molecule has 18 heavy (non-hydrogen) atoms. The number of nitrogens with one attached hydrogen (secondary N) is 2. The molecule has 0 saturated heterocycles. The molecule has 1 aliphatic heterocycles. The van der Waals surface area contributed by atoms with Crippen molar-refractivity contribution in [3.63, 3.8) is 0 Å². The summed E-state index contributed by atoms with van der Waals surface area (Å²) in [5.41, 5.74) is 4.35. The number of carbonyl (C=O) groups excluding carboxylic acids is 2. The summed E-state index contributed by atoms with van der Waals surface area (Å²) in [6.45, 7) is 0.0829. The van der Waals surface area contributed by atoms with Crippen LogP contribution < -0.4 is 20.3 Å². The number of ether oxygens (including phenoxy) is 2. The van der Waals surface area contributed by atoms with Gasteiger partial charge in [-0.15, -0.1) is 11.6 Å². The van der Waals surface area contributed by atoms with Crippen molar-refractivity contribution in [1.82, 2.24) is 10.9 Å². The molecule has 2 rings (SSSR count). The van der Waals surface area contributed by atoms with Gasteiger partial charge in [-0.3, -0.25) is 20.4 Å². The lowest BCUT2D eigenvalue weighted by Crippen LogP contribution is -2.51. The maximum absolute atomic E-state index is 11.7. The molecule has 96 valence electrons. The molecule has 0 unspecified atom stereocenters. The second kappa shape index (κ2) is 5.59. The highest BCUT2D eigenvalue weighted by atomic mass is 35.5. The minimum absolute atomic E-state index is 0.0829. The molecule has 6 nitrogen and oxygen atoms in total. The van der Waals surface area contributed by atoms with Crippen molar-refractivity contribution in [2.24, 2.45) is 0 Å². The molecular weight excluding hydrogens is 260 g/mol. The van der Waals surface area contributed by atoms with E-state index in [1.54, 1.807) is 18.2 Å². The third-order valence-electron chi connectivity index (χ3n) is 2.25. The van der Waals surface area contributed by atoms with E-state index in [-0.39, 0.29) is 12.5 Å². The maximum Gasteiger partial charge on any atom is 0.283 e. The molecule has 0 saturated carbocycles. The fraction of sp³-hybridized carbons (Fsp3) is 0.273. The number of amides is 2. The number of benzene rings is 1. The molecular formula is C11H11ClN2O4. The molecule has 0 spiro atoms. The summed E-state index contributed by atoms with van der Waals surface area (Å²) in [6, 6.07) is 7.03. The Hall–Kier alpha value is -1.95. The van der Waals surface area contributed by atoms with Gasteiger partial charge in [0.05, 0.1) is 0 Å². The number of carbonyl (C=O) groups is 2. The largest absolute Gasteiger partial charge is 0.485 e. The molecule has 0 aromatic heterocycles. The fourth-order valence-corrected chi connectivity index (χ4v) is 1.46. The Morgan fingerprint density at radius 3 is 2.72 bits per heavy atom. The van der Waals surface area contributed by atoms with Crippen LogP contribution in [0.1, 0.15) is 0 Å². The van der Waals surface area contributed by atoms with Gasteiger partial charge in [0.15, 0.2) is 11.5 Å². The van der Waals surface area contributed by atoms with Gasteiger partial charge in [-0.2, -0.15) is 0 Å². The lowest BCUT2D eigenvalue weighted by atomic mass is 10.2. The van der Waals surface area contributed by atoms with Crippen LogP contribution in [0.5, 0.6) is 11.5 Å². The SMILES string of the molecule is O=C(CCl)NNC(=O)[C@H]1COc2ccccc2O1. The van der Waals surface area contributed by atoms with E-state index < -0.39 is 17.9 Å². The van der Waals surface area contributed by atoms with E-state index in [0.29, 0.717) is 11.5 Å². The number of rotatable bonds is 2. The van der Waals surface area contributed by atoms with E-state index in [1.807, 2.05) is 6.07 Å². The van der Waals surface area contributed by atoms with E-state index in [1.165, 1.54) is 0 Å². The van der Waals surface area contributed by atoms with Gasteiger partial charge in [-0.1, -0.05) is 12.1 Å². The van der Waals surface area contributed by atoms with Gasteiger partial charge in [0.2, 0.25) is 6.10 Å². The Kier molecular flexibility index (Phi) is 3.88. The Balaban J connectivity index is 1.92. The monoisotopic (exact) mass is 270 g/mol.